The third-order valence-electron chi connectivity index (χ3n) is 2.59. The van der Waals surface area contributed by atoms with Gasteiger partial charge < -0.3 is 9.88 Å². The van der Waals surface area contributed by atoms with Crippen molar-refractivity contribution in [1.29, 1.82) is 0 Å². The summed E-state index contributed by atoms with van der Waals surface area (Å²) in [6.07, 6.45) is 3.93. The molecule has 0 aliphatic heterocycles. The molecule has 0 unspecified atom stereocenters. The molecule has 0 amide bonds. The van der Waals surface area contributed by atoms with Gasteiger partial charge >= 0.3 is 0 Å². The highest BCUT2D eigenvalue weighted by Crippen LogP contribution is 2.16. The van der Waals surface area contributed by atoms with Gasteiger partial charge in [-0.1, -0.05) is 0 Å². The second kappa shape index (κ2) is 4.99. The molecule has 2 aromatic rings. The lowest BCUT2D eigenvalue weighted by Crippen LogP contribution is -2.01. The van der Waals surface area contributed by atoms with Gasteiger partial charge in [0, 0.05) is 25.5 Å². The molecular weight excluding hydrogens is 222 g/mol. The lowest BCUT2D eigenvalue weighted by atomic mass is 10.2. The Morgan fingerprint density at radius 1 is 1.24 bits per heavy atom. The van der Waals surface area contributed by atoms with Gasteiger partial charge in [-0.15, -0.1) is 0 Å². The third-order valence-corrected chi connectivity index (χ3v) is 2.59. The molecule has 0 fully saturated rings. The molecule has 0 saturated heterocycles. The van der Waals surface area contributed by atoms with Gasteiger partial charge in [-0.05, 0) is 36.8 Å². The molecule has 0 saturated carbocycles. The van der Waals surface area contributed by atoms with E-state index in [1.165, 1.54) is 0 Å². The maximum atomic E-state index is 13.3. The van der Waals surface area contributed by atoms with Crippen LogP contribution in [0.2, 0.25) is 0 Å². The lowest BCUT2D eigenvalue weighted by Gasteiger charge is -2.06. The minimum Gasteiger partial charge on any atom is -0.378 e. The molecule has 1 aromatic heterocycles. The first-order chi connectivity index (χ1) is 8.19. The maximum Gasteiger partial charge on any atom is 0.146 e. The molecule has 0 bridgehead atoms. The Hall–Kier alpha value is -1.84. The van der Waals surface area contributed by atoms with E-state index < -0.39 is 11.6 Å². The lowest BCUT2D eigenvalue weighted by molar-refractivity contribution is 0.602. The van der Waals surface area contributed by atoms with E-state index in [-0.39, 0.29) is 5.69 Å². The van der Waals surface area contributed by atoms with Gasteiger partial charge in [0.05, 0.1) is 5.69 Å². The summed E-state index contributed by atoms with van der Waals surface area (Å²) in [7, 11) is 0. The van der Waals surface area contributed by atoms with Crippen molar-refractivity contribution in [2.75, 3.05) is 5.32 Å². The third kappa shape index (κ3) is 2.84. The van der Waals surface area contributed by atoms with Crippen molar-refractivity contribution in [2.45, 2.75) is 20.0 Å². The van der Waals surface area contributed by atoms with E-state index in [1.54, 1.807) is 0 Å². The standard InChI is InChI=1S/C13H14F2N2/c1-2-17-6-5-10(9-17)8-16-13-7-11(14)3-4-12(13)15/h3-7,9,16H,2,8H2,1H3. The quantitative estimate of drug-likeness (QED) is 0.860. The fourth-order valence-electron chi connectivity index (χ4n) is 1.62. The van der Waals surface area contributed by atoms with Crippen molar-refractivity contribution in [3.8, 4) is 0 Å². The van der Waals surface area contributed by atoms with Gasteiger partial charge in [-0.2, -0.15) is 0 Å². The Morgan fingerprint density at radius 3 is 2.76 bits per heavy atom. The van der Waals surface area contributed by atoms with Crippen LogP contribution in [0.3, 0.4) is 0 Å². The molecule has 0 radical (unpaired) electrons. The zero-order chi connectivity index (χ0) is 12.3. The van der Waals surface area contributed by atoms with Crippen LogP contribution in [0, 0.1) is 11.6 Å². The number of nitrogens with zero attached hydrogens (tertiary/aromatic N) is 1. The van der Waals surface area contributed by atoms with Crippen molar-refractivity contribution < 1.29 is 8.78 Å². The molecule has 1 aromatic carbocycles. The number of benzene rings is 1. The Morgan fingerprint density at radius 2 is 2.06 bits per heavy atom. The number of halogens is 2. The average molecular weight is 236 g/mol. The molecule has 1 heterocycles. The highest BCUT2D eigenvalue weighted by atomic mass is 19.1. The van der Waals surface area contributed by atoms with Gasteiger partial charge in [0.2, 0.25) is 0 Å². The van der Waals surface area contributed by atoms with Crippen LogP contribution >= 0.6 is 0 Å². The van der Waals surface area contributed by atoms with Crippen LogP contribution in [0.25, 0.3) is 0 Å². The Balaban J connectivity index is 2.04. The van der Waals surface area contributed by atoms with Crippen LogP contribution < -0.4 is 5.32 Å². The van der Waals surface area contributed by atoms with Crippen LogP contribution in [0.5, 0.6) is 0 Å². The first-order valence-corrected chi connectivity index (χ1v) is 5.52. The monoisotopic (exact) mass is 236 g/mol. The number of rotatable bonds is 4. The largest absolute Gasteiger partial charge is 0.378 e. The van der Waals surface area contributed by atoms with E-state index in [0.29, 0.717) is 6.54 Å². The molecule has 17 heavy (non-hydrogen) atoms. The molecule has 2 nitrogen and oxygen atoms in total. The van der Waals surface area contributed by atoms with Crippen LogP contribution in [-0.2, 0) is 13.1 Å². The Kier molecular flexibility index (Phi) is 3.42. The number of nitrogens with one attached hydrogen (secondary N) is 1. The smallest absolute Gasteiger partial charge is 0.146 e. The molecule has 0 atom stereocenters. The van der Waals surface area contributed by atoms with E-state index in [4.69, 9.17) is 0 Å². The van der Waals surface area contributed by atoms with Gasteiger partial charge in [0.15, 0.2) is 0 Å². The zero-order valence-electron chi connectivity index (χ0n) is 9.58. The van der Waals surface area contributed by atoms with Gasteiger partial charge in [-0.25, -0.2) is 8.78 Å². The molecule has 2 rings (SSSR count). The first kappa shape index (κ1) is 11.6. The van der Waals surface area contributed by atoms with Crippen molar-refractivity contribution in [3.05, 3.63) is 53.9 Å². The summed E-state index contributed by atoms with van der Waals surface area (Å²) in [5.41, 5.74) is 1.23. The second-order valence-corrected chi connectivity index (χ2v) is 3.83. The SMILES string of the molecule is CCn1ccc(CNc2cc(F)ccc2F)c1. The van der Waals surface area contributed by atoms with Crippen LogP contribution in [0.4, 0.5) is 14.5 Å². The molecule has 0 aliphatic rings. The normalized spacial score (nSPS) is 10.5. The fourth-order valence-corrected chi connectivity index (χ4v) is 1.62. The summed E-state index contributed by atoms with van der Waals surface area (Å²) in [6.45, 7) is 3.42. The summed E-state index contributed by atoms with van der Waals surface area (Å²) in [5.74, 6) is -0.888. The molecule has 0 spiro atoms. The number of anilines is 1. The highest BCUT2D eigenvalue weighted by Gasteiger charge is 2.03. The zero-order valence-corrected chi connectivity index (χ0v) is 9.58. The Bertz CT molecular complexity index is 506. The molecule has 4 heteroatoms. The minimum atomic E-state index is -0.444. The number of aromatic nitrogens is 1. The van der Waals surface area contributed by atoms with Crippen molar-refractivity contribution in [2.24, 2.45) is 0 Å². The van der Waals surface area contributed by atoms with E-state index in [1.807, 2.05) is 30.0 Å². The predicted molar refractivity (Wildman–Crippen MR) is 63.8 cm³/mol. The van der Waals surface area contributed by atoms with Gasteiger partial charge in [0.25, 0.3) is 0 Å². The van der Waals surface area contributed by atoms with Crippen LogP contribution in [0.1, 0.15) is 12.5 Å². The topological polar surface area (TPSA) is 17.0 Å². The Labute approximate surface area is 98.9 Å². The second-order valence-electron chi connectivity index (χ2n) is 3.83. The van der Waals surface area contributed by atoms with Crippen molar-refractivity contribution in [1.82, 2.24) is 4.57 Å². The molecular formula is C13H14F2N2. The summed E-state index contributed by atoms with van der Waals surface area (Å²) < 4.78 is 28.3. The number of aryl methyl sites for hydroxylation is 1. The van der Waals surface area contributed by atoms with E-state index in [2.05, 4.69) is 5.32 Å². The van der Waals surface area contributed by atoms with E-state index in [9.17, 15) is 8.78 Å². The van der Waals surface area contributed by atoms with Gasteiger partial charge in [-0.3, -0.25) is 0 Å². The van der Waals surface area contributed by atoms with Gasteiger partial charge in [0.1, 0.15) is 11.6 Å². The highest BCUT2D eigenvalue weighted by molar-refractivity contribution is 5.45. The van der Waals surface area contributed by atoms with E-state index in [0.717, 1.165) is 30.3 Å². The maximum absolute atomic E-state index is 13.3. The minimum absolute atomic E-state index is 0.189. The fraction of sp³-hybridized carbons (Fsp3) is 0.231. The number of hydrogen-bond donors (Lipinski definition) is 1. The van der Waals surface area contributed by atoms with E-state index >= 15 is 0 Å². The van der Waals surface area contributed by atoms with Crippen molar-refractivity contribution >= 4 is 5.69 Å². The average Bonchev–Trinajstić information content (AvgIpc) is 2.78. The first-order valence-electron chi connectivity index (χ1n) is 5.52. The predicted octanol–water partition coefficient (Wildman–Crippen LogP) is 3.40. The van der Waals surface area contributed by atoms with Crippen molar-refractivity contribution in [3.63, 3.8) is 0 Å². The molecule has 0 aliphatic carbocycles. The summed E-state index contributed by atoms with van der Waals surface area (Å²) in [6, 6.07) is 5.34. The summed E-state index contributed by atoms with van der Waals surface area (Å²) in [5, 5.41) is 2.88. The number of hydrogen-bond acceptors (Lipinski definition) is 1. The summed E-state index contributed by atoms with van der Waals surface area (Å²) >= 11 is 0. The van der Waals surface area contributed by atoms with Crippen LogP contribution in [0.15, 0.2) is 36.7 Å². The summed E-state index contributed by atoms with van der Waals surface area (Å²) in [4.78, 5) is 0. The molecule has 90 valence electrons. The van der Waals surface area contributed by atoms with Crippen LogP contribution in [-0.4, -0.2) is 4.57 Å². The molecule has 1 N–H and O–H groups in total.